The number of aryl methyl sites for hydroxylation is 1. The van der Waals surface area contributed by atoms with Crippen LogP contribution >= 0.6 is 11.6 Å². The van der Waals surface area contributed by atoms with Gasteiger partial charge in [-0.3, -0.25) is 9.59 Å². The van der Waals surface area contributed by atoms with Gasteiger partial charge in [0, 0.05) is 28.3 Å². The van der Waals surface area contributed by atoms with E-state index in [1.165, 1.54) is 13.3 Å². The van der Waals surface area contributed by atoms with Crippen LogP contribution < -0.4 is 14.8 Å². The number of para-hydroxylation sites is 1. The summed E-state index contributed by atoms with van der Waals surface area (Å²) in [7, 11) is 4.42. The number of halogens is 1. The molecule has 0 saturated carbocycles. The Kier molecular flexibility index (Phi) is 7.57. The second-order valence-electron chi connectivity index (χ2n) is 7.81. The molecule has 4 rings (SSSR count). The summed E-state index contributed by atoms with van der Waals surface area (Å²) in [5.41, 5.74) is 1.91. The van der Waals surface area contributed by atoms with Gasteiger partial charge in [-0.1, -0.05) is 23.7 Å². The third-order valence-electron chi connectivity index (χ3n) is 5.63. The molecule has 0 fully saturated rings. The van der Waals surface area contributed by atoms with E-state index in [-0.39, 0.29) is 24.7 Å². The molecule has 0 saturated heterocycles. The Morgan fingerprint density at radius 1 is 1.14 bits per heavy atom. The van der Waals surface area contributed by atoms with E-state index in [2.05, 4.69) is 15.0 Å². The number of ether oxygens (including phenoxy) is 4. The molecule has 10 heteroatoms. The van der Waals surface area contributed by atoms with Crippen LogP contribution in [0.25, 0.3) is 0 Å². The largest absolute Gasteiger partial charge is 0.493 e. The summed E-state index contributed by atoms with van der Waals surface area (Å²) in [4.78, 5) is 28.8. The fraction of sp³-hybridized carbons (Fsp3) is 0.320. The number of nitrogens with one attached hydrogen (secondary N) is 1. The Balaban J connectivity index is 1.67. The van der Waals surface area contributed by atoms with Crippen LogP contribution in [0.15, 0.2) is 47.0 Å². The van der Waals surface area contributed by atoms with Gasteiger partial charge in [-0.05, 0) is 24.3 Å². The number of rotatable bonds is 8. The van der Waals surface area contributed by atoms with E-state index in [0.717, 1.165) is 0 Å². The maximum absolute atomic E-state index is 13.1. The van der Waals surface area contributed by atoms with Crippen LogP contribution in [0.4, 0.5) is 5.69 Å². The highest BCUT2D eigenvalue weighted by Gasteiger charge is 2.35. The number of hydrogen-bond acceptors (Lipinski definition) is 8. The molecule has 2 atom stereocenters. The number of hydrogen-bond donors (Lipinski definition) is 1. The first kappa shape index (κ1) is 24.6. The smallest absolute Gasteiger partial charge is 0.305 e. The molecule has 0 unspecified atom stereocenters. The number of oxazole rings is 1. The number of aromatic nitrogens is 1. The maximum atomic E-state index is 13.1. The summed E-state index contributed by atoms with van der Waals surface area (Å²) in [5.74, 6) is 1.14. The third-order valence-corrected chi connectivity index (χ3v) is 5.86. The molecular weight excluding hydrogens is 476 g/mol. The van der Waals surface area contributed by atoms with Gasteiger partial charge < -0.3 is 28.7 Å². The summed E-state index contributed by atoms with van der Waals surface area (Å²) in [5, 5.41) is 3.41. The molecule has 1 aliphatic heterocycles. The minimum absolute atomic E-state index is 0.0779. The minimum Gasteiger partial charge on any atom is -0.493 e. The zero-order chi connectivity index (χ0) is 24.9. The van der Waals surface area contributed by atoms with Gasteiger partial charge >= 0.3 is 5.97 Å². The summed E-state index contributed by atoms with van der Waals surface area (Å²) in [6, 6.07) is 10.6. The molecule has 0 aliphatic carbocycles. The third kappa shape index (κ3) is 5.41. The zero-order valence-electron chi connectivity index (χ0n) is 19.5. The van der Waals surface area contributed by atoms with Gasteiger partial charge in [-0.15, -0.1) is 0 Å². The highest BCUT2D eigenvalue weighted by molar-refractivity contribution is 6.30. The predicted molar refractivity (Wildman–Crippen MR) is 127 cm³/mol. The van der Waals surface area contributed by atoms with E-state index in [9.17, 15) is 9.59 Å². The number of esters is 1. The molecule has 1 amide bonds. The maximum Gasteiger partial charge on any atom is 0.305 e. The fourth-order valence-electron chi connectivity index (χ4n) is 3.92. The molecular formula is C25H25ClN2O7. The first-order valence-electron chi connectivity index (χ1n) is 10.9. The topological polar surface area (TPSA) is 109 Å². The van der Waals surface area contributed by atoms with Crippen LogP contribution in [-0.2, 0) is 31.9 Å². The molecule has 0 radical (unpaired) electrons. The Hall–Kier alpha value is -3.56. The van der Waals surface area contributed by atoms with E-state index >= 15 is 0 Å². The molecule has 3 aromatic rings. The number of nitrogens with zero attached hydrogens (tertiary/aromatic N) is 1. The summed E-state index contributed by atoms with van der Waals surface area (Å²) >= 11 is 6.30. The fourth-order valence-corrected chi connectivity index (χ4v) is 4.10. The lowest BCUT2D eigenvalue weighted by Crippen LogP contribution is -2.31. The van der Waals surface area contributed by atoms with Crippen molar-refractivity contribution < 1.29 is 33.0 Å². The van der Waals surface area contributed by atoms with Crippen molar-refractivity contribution in [2.75, 3.05) is 26.6 Å². The summed E-state index contributed by atoms with van der Waals surface area (Å²) in [6.45, 7) is 0. The molecule has 35 heavy (non-hydrogen) atoms. The number of amides is 1. The molecule has 184 valence electrons. The standard InChI is InChI=1S/C25H25ClN2O7/c1-31-19-6-4-5-16(24(19)33-3)23-17-11-14(26)7-9-18(17)28-25(30)20(35-23)12-21-27-13-15(34-21)8-10-22(29)32-2/h4-7,9,11,13,20,23H,8,10,12H2,1-3H3,(H,28,30)/t20-,23-/m1/s1. The second-order valence-corrected chi connectivity index (χ2v) is 8.25. The Morgan fingerprint density at radius 2 is 1.97 bits per heavy atom. The Bertz CT molecular complexity index is 1230. The lowest BCUT2D eigenvalue weighted by Gasteiger charge is -2.24. The second kappa shape index (κ2) is 10.8. The van der Waals surface area contributed by atoms with E-state index < -0.39 is 12.2 Å². The van der Waals surface area contributed by atoms with Crippen LogP contribution in [0.5, 0.6) is 11.5 Å². The Morgan fingerprint density at radius 3 is 2.71 bits per heavy atom. The number of carbonyl (C=O) groups is 2. The Labute approximate surface area is 207 Å². The van der Waals surface area contributed by atoms with Crippen LogP contribution in [-0.4, -0.2) is 44.3 Å². The van der Waals surface area contributed by atoms with Gasteiger partial charge in [0.1, 0.15) is 18.0 Å². The highest BCUT2D eigenvalue weighted by Crippen LogP contribution is 2.43. The molecule has 2 aromatic carbocycles. The number of methoxy groups -OCH3 is 3. The van der Waals surface area contributed by atoms with Crippen molar-refractivity contribution in [3.8, 4) is 11.5 Å². The lowest BCUT2D eigenvalue weighted by molar-refractivity contribution is -0.140. The van der Waals surface area contributed by atoms with Gasteiger partial charge in [0.25, 0.3) is 5.91 Å². The van der Waals surface area contributed by atoms with Crippen LogP contribution in [0.1, 0.15) is 35.3 Å². The first-order chi connectivity index (χ1) is 16.9. The van der Waals surface area contributed by atoms with Gasteiger partial charge in [0.05, 0.1) is 40.4 Å². The summed E-state index contributed by atoms with van der Waals surface area (Å²) in [6.07, 6.45) is 0.476. The van der Waals surface area contributed by atoms with E-state index in [1.54, 1.807) is 38.5 Å². The molecule has 2 heterocycles. The number of benzene rings is 2. The molecule has 0 spiro atoms. The van der Waals surface area contributed by atoms with E-state index in [1.807, 2.05) is 12.1 Å². The van der Waals surface area contributed by atoms with Gasteiger partial charge in [-0.2, -0.15) is 0 Å². The number of fused-ring (bicyclic) bond motifs is 1. The molecule has 9 nitrogen and oxygen atoms in total. The monoisotopic (exact) mass is 500 g/mol. The van der Waals surface area contributed by atoms with Gasteiger partial charge in [0.2, 0.25) is 0 Å². The van der Waals surface area contributed by atoms with Crippen molar-refractivity contribution in [1.82, 2.24) is 4.98 Å². The van der Waals surface area contributed by atoms with Crippen molar-refractivity contribution in [3.05, 3.63) is 70.4 Å². The quantitative estimate of drug-likeness (QED) is 0.460. The van der Waals surface area contributed by atoms with Crippen molar-refractivity contribution in [2.45, 2.75) is 31.5 Å². The summed E-state index contributed by atoms with van der Waals surface area (Å²) < 4.78 is 27.9. The number of anilines is 1. The van der Waals surface area contributed by atoms with E-state index in [4.69, 9.17) is 30.2 Å². The van der Waals surface area contributed by atoms with Crippen LogP contribution in [0, 0.1) is 0 Å². The zero-order valence-corrected chi connectivity index (χ0v) is 20.3. The molecule has 1 aromatic heterocycles. The van der Waals surface area contributed by atoms with Crippen molar-refractivity contribution in [3.63, 3.8) is 0 Å². The number of carbonyl (C=O) groups excluding carboxylic acids is 2. The molecule has 1 aliphatic rings. The van der Waals surface area contributed by atoms with Crippen LogP contribution in [0.2, 0.25) is 5.02 Å². The van der Waals surface area contributed by atoms with E-state index in [0.29, 0.717) is 51.4 Å². The SMILES string of the molecule is COC(=O)CCc1cnc(C[C@H]2O[C@H](c3cccc(OC)c3OC)c3cc(Cl)ccc3NC2=O)o1. The predicted octanol–water partition coefficient (Wildman–Crippen LogP) is 4.12. The van der Waals surface area contributed by atoms with Crippen LogP contribution in [0.3, 0.4) is 0 Å². The lowest BCUT2D eigenvalue weighted by atomic mass is 9.98. The average Bonchev–Trinajstić information content (AvgIpc) is 3.27. The average molecular weight is 501 g/mol. The van der Waals surface area contributed by atoms with Gasteiger partial charge in [-0.25, -0.2) is 4.98 Å². The van der Waals surface area contributed by atoms with Gasteiger partial charge in [0.15, 0.2) is 17.4 Å². The first-order valence-corrected chi connectivity index (χ1v) is 11.3. The molecule has 0 bridgehead atoms. The molecule has 1 N–H and O–H groups in total. The minimum atomic E-state index is -0.936. The highest BCUT2D eigenvalue weighted by atomic mass is 35.5. The van der Waals surface area contributed by atoms with Crippen molar-refractivity contribution in [1.29, 1.82) is 0 Å². The van der Waals surface area contributed by atoms with Crippen molar-refractivity contribution >= 4 is 29.2 Å². The van der Waals surface area contributed by atoms with Crippen molar-refractivity contribution in [2.24, 2.45) is 0 Å². The normalized spacial score (nSPS) is 17.2.